The normalized spacial score (nSPS) is 9.73. The molecule has 0 radical (unpaired) electrons. The summed E-state index contributed by atoms with van der Waals surface area (Å²) in [6.45, 7) is 1.85. The van der Waals surface area contributed by atoms with Crippen molar-refractivity contribution in [3.63, 3.8) is 0 Å². The van der Waals surface area contributed by atoms with Gasteiger partial charge in [0.25, 0.3) is 0 Å². The zero-order valence-corrected chi connectivity index (χ0v) is 8.27. The lowest BCUT2D eigenvalue weighted by Gasteiger charge is -2.17. The van der Waals surface area contributed by atoms with Crippen LogP contribution in [0.15, 0.2) is 12.1 Å². The summed E-state index contributed by atoms with van der Waals surface area (Å²) >= 11 is 0. The van der Waals surface area contributed by atoms with Crippen molar-refractivity contribution in [1.29, 1.82) is 5.41 Å². The van der Waals surface area contributed by atoms with Crippen LogP contribution in [-0.4, -0.2) is 28.8 Å². The van der Waals surface area contributed by atoms with Gasteiger partial charge in [0.05, 0.1) is 12.2 Å². The van der Waals surface area contributed by atoms with Crippen LogP contribution in [-0.2, 0) is 0 Å². The van der Waals surface area contributed by atoms with Crippen molar-refractivity contribution in [1.82, 2.24) is 4.98 Å². The van der Waals surface area contributed by atoms with E-state index in [2.05, 4.69) is 4.98 Å². The highest BCUT2D eigenvalue weighted by Crippen LogP contribution is 2.16. The van der Waals surface area contributed by atoms with Crippen LogP contribution >= 0.6 is 0 Å². The summed E-state index contributed by atoms with van der Waals surface area (Å²) in [6.07, 6.45) is 1.09. The van der Waals surface area contributed by atoms with E-state index in [0.29, 0.717) is 11.4 Å². The lowest BCUT2D eigenvalue weighted by atomic mass is 10.2. The second-order valence-electron chi connectivity index (χ2n) is 2.98. The molecular weight excluding hydrogens is 196 g/mol. The van der Waals surface area contributed by atoms with Crippen LogP contribution in [0.25, 0.3) is 0 Å². The van der Waals surface area contributed by atoms with E-state index in [1.54, 1.807) is 19.1 Å². The first-order valence-corrected chi connectivity index (χ1v) is 4.28. The van der Waals surface area contributed by atoms with E-state index in [1.807, 2.05) is 0 Å². The van der Waals surface area contributed by atoms with E-state index in [-0.39, 0.29) is 12.2 Å². The predicted molar refractivity (Wildman–Crippen MR) is 56.3 cm³/mol. The topological polar surface area (TPSA) is 103 Å². The minimum atomic E-state index is -1.13. The van der Waals surface area contributed by atoms with Crippen molar-refractivity contribution in [2.75, 3.05) is 11.6 Å². The molecule has 4 N–H and O–H groups in total. The predicted octanol–water partition coefficient (Wildman–Crippen LogP) is 0.418. The molecule has 0 fully saturated rings. The number of hydrogen-bond donors (Lipinski definition) is 3. The van der Waals surface area contributed by atoms with E-state index >= 15 is 0 Å². The fourth-order valence-electron chi connectivity index (χ4n) is 1.14. The van der Waals surface area contributed by atoms with Gasteiger partial charge in [-0.3, -0.25) is 0 Å². The summed E-state index contributed by atoms with van der Waals surface area (Å²) in [7, 11) is 0. The van der Waals surface area contributed by atoms with Crippen LogP contribution in [0, 0.1) is 12.3 Å². The third kappa shape index (κ3) is 2.50. The third-order valence-corrected chi connectivity index (χ3v) is 1.81. The van der Waals surface area contributed by atoms with Gasteiger partial charge in [0.15, 0.2) is 5.69 Å². The Hall–Kier alpha value is -1.95. The number of hydrogen-bond acceptors (Lipinski definition) is 5. The van der Waals surface area contributed by atoms with Gasteiger partial charge in [0.2, 0.25) is 0 Å². The Bertz CT molecular complexity index is 392. The van der Waals surface area contributed by atoms with Crippen molar-refractivity contribution in [2.45, 2.75) is 6.92 Å². The molecule has 0 bridgehead atoms. The fourth-order valence-corrected chi connectivity index (χ4v) is 1.14. The van der Waals surface area contributed by atoms with Crippen molar-refractivity contribution in [3.8, 4) is 0 Å². The number of anilines is 1. The first-order chi connectivity index (χ1) is 7.06. The van der Waals surface area contributed by atoms with Gasteiger partial charge in [0, 0.05) is 11.9 Å². The minimum absolute atomic E-state index is 0.0978. The molecule has 0 aliphatic rings. The molecular formula is C9H12N4O2. The van der Waals surface area contributed by atoms with Crippen LogP contribution in [0.2, 0.25) is 0 Å². The van der Waals surface area contributed by atoms with Crippen LogP contribution in [0.1, 0.15) is 16.2 Å². The van der Waals surface area contributed by atoms with E-state index < -0.39 is 5.97 Å². The molecule has 1 aromatic heterocycles. The van der Waals surface area contributed by atoms with Crippen LogP contribution in [0.4, 0.5) is 5.69 Å². The van der Waals surface area contributed by atoms with Crippen molar-refractivity contribution < 1.29 is 9.90 Å². The number of nitrogens with two attached hydrogens (primary N) is 1. The zero-order chi connectivity index (χ0) is 11.4. The van der Waals surface area contributed by atoms with Gasteiger partial charge >= 0.3 is 5.97 Å². The maximum absolute atomic E-state index is 10.9. The number of aromatic carboxylic acids is 1. The number of rotatable bonds is 4. The molecule has 0 saturated carbocycles. The molecule has 0 spiro atoms. The number of aromatic nitrogens is 1. The summed E-state index contributed by atoms with van der Waals surface area (Å²) in [5, 5.41) is 17.0. The molecule has 0 unspecified atom stereocenters. The van der Waals surface area contributed by atoms with Crippen molar-refractivity contribution >= 4 is 17.9 Å². The van der Waals surface area contributed by atoms with E-state index in [0.717, 1.165) is 6.21 Å². The van der Waals surface area contributed by atoms with Crippen LogP contribution in [0.5, 0.6) is 0 Å². The number of carboxylic acid groups (broad SMARTS) is 1. The Kier molecular flexibility index (Phi) is 3.35. The molecule has 6 heteroatoms. The first-order valence-electron chi connectivity index (χ1n) is 4.28. The Morgan fingerprint density at radius 1 is 1.73 bits per heavy atom. The van der Waals surface area contributed by atoms with Gasteiger partial charge in [-0.25, -0.2) is 15.6 Å². The summed E-state index contributed by atoms with van der Waals surface area (Å²) in [5.41, 5.74) is 0.815. The van der Waals surface area contributed by atoms with Gasteiger partial charge in [-0.2, -0.15) is 0 Å². The molecule has 6 nitrogen and oxygen atoms in total. The number of nitrogens with zero attached hydrogens (tertiary/aromatic N) is 2. The monoisotopic (exact) mass is 208 g/mol. The van der Waals surface area contributed by atoms with Gasteiger partial charge in [0.1, 0.15) is 0 Å². The maximum Gasteiger partial charge on any atom is 0.356 e. The summed E-state index contributed by atoms with van der Waals surface area (Å²) in [4.78, 5) is 14.8. The Morgan fingerprint density at radius 2 is 2.40 bits per heavy atom. The molecule has 0 aliphatic carbocycles. The van der Waals surface area contributed by atoms with Gasteiger partial charge in [-0.15, -0.1) is 0 Å². The molecule has 15 heavy (non-hydrogen) atoms. The number of carboxylic acids is 1. The standard InChI is InChI=1S/C9H12N4O2/c1-6-2-3-7(13(11)5-4-10)8(12-6)9(14)15/h2-4,10H,5,11H2,1H3,(H,14,15). The van der Waals surface area contributed by atoms with Crippen molar-refractivity contribution in [3.05, 3.63) is 23.5 Å². The highest BCUT2D eigenvalue weighted by atomic mass is 16.4. The quantitative estimate of drug-likeness (QED) is 0.378. The summed E-state index contributed by atoms with van der Waals surface area (Å²) < 4.78 is 0. The molecule has 0 aromatic carbocycles. The molecule has 1 rings (SSSR count). The molecule has 0 saturated heterocycles. The van der Waals surface area contributed by atoms with Gasteiger partial charge in [-0.05, 0) is 19.1 Å². The Balaban J connectivity index is 3.16. The smallest absolute Gasteiger partial charge is 0.356 e. The lowest BCUT2D eigenvalue weighted by molar-refractivity contribution is 0.0691. The second kappa shape index (κ2) is 4.52. The van der Waals surface area contributed by atoms with Crippen molar-refractivity contribution in [2.24, 2.45) is 5.84 Å². The third-order valence-electron chi connectivity index (χ3n) is 1.81. The van der Waals surface area contributed by atoms with E-state index in [4.69, 9.17) is 16.4 Å². The minimum Gasteiger partial charge on any atom is -0.476 e. The Morgan fingerprint density at radius 3 is 2.93 bits per heavy atom. The maximum atomic E-state index is 10.9. The van der Waals surface area contributed by atoms with Gasteiger partial charge < -0.3 is 15.5 Å². The average molecular weight is 208 g/mol. The molecule has 1 aromatic rings. The number of carbonyl (C=O) groups is 1. The molecule has 0 amide bonds. The van der Waals surface area contributed by atoms with E-state index in [1.165, 1.54) is 5.01 Å². The SMILES string of the molecule is Cc1ccc(N(N)CC=N)c(C(=O)O)n1. The second-order valence-corrected chi connectivity index (χ2v) is 2.98. The number of hydrazine groups is 1. The lowest BCUT2D eigenvalue weighted by Crippen LogP contribution is -2.34. The molecule has 80 valence electrons. The highest BCUT2D eigenvalue weighted by molar-refractivity contribution is 5.92. The average Bonchev–Trinajstić information content (AvgIpc) is 2.17. The zero-order valence-electron chi connectivity index (χ0n) is 8.27. The molecule has 0 aliphatic heterocycles. The molecule has 1 heterocycles. The fraction of sp³-hybridized carbons (Fsp3) is 0.222. The Labute approximate surface area is 86.8 Å². The van der Waals surface area contributed by atoms with Crippen LogP contribution in [0.3, 0.4) is 0 Å². The van der Waals surface area contributed by atoms with E-state index in [9.17, 15) is 4.79 Å². The van der Waals surface area contributed by atoms with Gasteiger partial charge in [-0.1, -0.05) is 0 Å². The largest absolute Gasteiger partial charge is 0.476 e. The van der Waals surface area contributed by atoms with Crippen LogP contribution < -0.4 is 10.9 Å². The number of nitrogens with one attached hydrogen (secondary N) is 1. The number of aryl methyl sites for hydroxylation is 1. The molecule has 0 atom stereocenters. The summed E-state index contributed by atoms with van der Waals surface area (Å²) in [6, 6.07) is 3.25. The first kappa shape index (κ1) is 11.1. The number of pyridine rings is 1. The summed E-state index contributed by atoms with van der Waals surface area (Å²) in [5.74, 6) is 4.44. The highest BCUT2D eigenvalue weighted by Gasteiger charge is 2.15.